The summed E-state index contributed by atoms with van der Waals surface area (Å²) in [5.41, 5.74) is 0. The number of aromatic nitrogens is 2. The highest BCUT2D eigenvalue weighted by atomic mass is 127. The summed E-state index contributed by atoms with van der Waals surface area (Å²) in [5, 5.41) is 10.5. The zero-order valence-electron chi connectivity index (χ0n) is 12.8. The number of hydrogen-bond donors (Lipinski definition) is 2. The molecule has 2 N–H and O–H groups in total. The molecule has 1 aromatic rings. The zero-order chi connectivity index (χ0) is 14.4. The van der Waals surface area contributed by atoms with Gasteiger partial charge in [0.2, 0.25) is 5.89 Å². The molecule has 0 radical (unpaired) electrons. The van der Waals surface area contributed by atoms with Gasteiger partial charge in [0, 0.05) is 24.8 Å². The van der Waals surface area contributed by atoms with Gasteiger partial charge in [-0.3, -0.25) is 0 Å². The Labute approximate surface area is 147 Å². The number of nitrogens with zero attached hydrogens (tertiary/aromatic N) is 3. The summed E-state index contributed by atoms with van der Waals surface area (Å²) in [5.74, 6) is 3.25. The molecule has 6 nitrogen and oxygen atoms in total. The van der Waals surface area contributed by atoms with Gasteiger partial charge in [-0.1, -0.05) is 5.16 Å². The Balaban J connectivity index is 0.00000220. The Hall–Kier alpha value is -0.510. The van der Waals surface area contributed by atoms with E-state index in [1.165, 1.54) is 18.6 Å². The third-order valence-electron chi connectivity index (χ3n) is 3.22. The Morgan fingerprint density at radius 2 is 2.29 bits per heavy atom. The molecule has 1 aliphatic rings. The van der Waals surface area contributed by atoms with Crippen LogP contribution in [0.1, 0.15) is 38.4 Å². The molecule has 0 amide bonds. The van der Waals surface area contributed by atoms with E-state index in [1.54, 1.807) is 6.92 Å². The summed E-state index contributed by atoms with van der Waals surface area (Å²) in [7, 11) is 0. The highest BCUT2D eigenvalue weighted by Gasteiger charge is 2.29. The maximum atomic E-state index is 4.94. The van der Waals surface area contributed by atoms with Gasteiger partial charge in [0.05, 0.1) is 0 Å². The fraction of sp³-hybridized carbons (Fsp3) is 0.769. The molecule has 1 aliphatic heterocycles. The summed E-state index contributed by atoms with van der Waals surface area (Å²) in [4.78, 5) is 8.64. The Bertz CT molecular complexity index is 459. The Morgan fingerprint density at radius 1 is 1.48 bits per heavy atom. The van der Waals surface area contributed by atoms with Crippen LogP contribution in [0.15, 0.2) is 9.52 Å². The lowest BCUT2D eigenvalue weighted by Crippen LogP contribution is -2.43. The van der Waals surface area contributed by atoms with Crippen LogP contribution < -0.4 is 10.6 Å². The first kappa shape index (κ1) is 18.5. The van der Waals surface area contributed by atoms with Crippen molar-refractivity contribution in [1.82, 2.24) is 20.8 Å². The van der Waals surface area contributed by atoms with Gasteiger partial charge < -0.3 is 15.2 Å². The van der Waals surface area contributed by atoms with E-state index in [4.69, 9.17) is 4.52 Å². The van der Waals surface area contributed by atoms with E-state index in [2.05, 4.69) is 39.6 Å². The number of nitrogens with one attached hydrogen (secondary N) is 2. The average Bonchev–Trinajstić information content (AvgIpc) is 3.03. The predicted molar refractivity (Wildman–Crippen MR) is 97.4 cm³/mol. The Kier molecular flexibility index (Phi) is 7.78. The quantitative estimate of drug-likeness (QED) is 0.429. The molecule has 2 heterocycles. The summed E-state index contributed by atoms with van der Waals surface area (Å²) in [6.45, 7) is 8.33. The molecule has 1 unspecified atom stereocenters. The van der Waals surface area contributed by atoms with Crippen LogP contribution in [0.2, 0.25) is 0 Å². The summed E-state index contributed by atoms with van der Waals surface area (Å²) < 4.78 is 5.26. The van der Waals surface area contributed by atoms with E-state index in [0.717, 1.165) is 19.0 Å². The van der Waals surface area contributed by atoms with E-state index in [0.29, 0.717) is 23.0 Å². The lowest BCUT2D eigenvalue weighted by molar-refractivity contribution is 0.387. The first-order valence-electron chi connectivity index (χ1n) is 7.07. The van der Waals surface area contributed by atoms with E-state index < -0.39 is 0 Å². The van der Waals surface area contributed by atoms with Gasteiger partial charge in [0.15, 0.2) is 11.8 Å². The monoisotopic (exact) mass is 425 g/mol. The van der Waals surface area contributed by atoms with Crippen molar-refractivity contribution < 1.29 is 4.52 Å². The van der Waals surface area contributed by atoms with Gasteiger partial charge in [-0.15, -0.1) is 24.0 Å². The molecule has 0 spiro atoms. The smallest absolute Gasteiger partial charge is 0.223 e. The van der Waals surface area contributed by atoms with Crippen molar-refractivity contribution >= 4 is 41.7 Å². The van der Waals surface area contributed by atoms with Crippen molar-refractivity contribution in [3.63, 3.8) is 0 Å². The molecule has 21 heavy (non-hydrogen) atoms. The van der Waals surface area contributed by atoms with Crippen LogP contribution in [0, 0.1) is 6.92 Å². The Morgan fingerprint density at radius 3 is 2.86 bits per heavy atom. The standard InChI is InChI=1S/C13H23N5OS.HI/c1-4-14-12(15-8-11-17-10(2)19-18-11)16-9-13(3)6-5-7-20-13;/h4-9H2,1-3H3,(H2,14,15,16);1H. The SMILES string of the molecule is CCNC(=NCc1noc(C)n1)NCC1(C)CCCS1.I. The highest BCUT2D eigenvalue weighted by molar-refractivity contribution is 14.0. The van der Waals surface area contributed by atoms with Gasteiger partial charge in [-0.25, -0.2) is 4.99 Å². The lowest BCUT2D eigenvalue weighted by Gasteiger charge is -2.24. The normalized spacial score (nSPS) is 22.0. The van der Waals surface area contributed by atoms with Crippen LogP contribution in [-0.4, -0.2) is 39.7 Å². The second-order valence-corrected chi connectivity index (χ2v) is 6.86. The summed E-state index contributed by atoms with van der Waals surface area (Å²) >= 11 is 2.04. The largest absolute Gasteiger partial charge is 0.357 e. The third-order valence-corrected chi connectivity index (χ3v) is 4.76. The highest BCUT2D eigenvalue weighted by Crippen LogP contribution is 2.36. The molecular formula is C13H24IN5OS. The van der Waals surface area contributed by atoms with Crippen LogP contribution >= 0.6 is 35.7 Å². The maximum Gasteiger partial charge on any atom is 0.223 e. The van der Waals surface area contributed by atoms with Crippen LogP contribution in [0.3, 0.4) is 0 Å². The van der Waals surface area contributed by atoms with Gasteiger partial charge in [0.25, 0.3) is 0 Å². The summed E-state index contributed by atoms with van der Waals surface area (Å²) in [6, 6.07) is 0. The fourth-order valence-electron chi connectivity index (χ4n) is 2.14. The number of thioether (sulfide) groups is 1. The van der Waals surface area contributed by atoms with Crippen molar-refractivity contribution in [2.24, 2.45) is 4.99 Å². The van der Waals surface area contributed by atoms with Gasteiger partial charge in [0.1, 0.15) is 6.54 Å². The molecule has 1 aromatic heterocycles. The van der Waals surface area contributed by atoms with E-state index in [-0.39, 0.29) is 24.0 Å². The lowest BCUT2D eigenvalue weighted by atomic mass is 10.1. The van der Waals surface area contributed by atoms with Crippen molar-refractivity contribution in [3.8, 4) is 0 Å². The molecule has 120 valence electrons. The van der Waals surface area contributed by atoms with Crippen molar-refractivity contribution in [2.45, 2.75) is 44.9 Å². The maximum absolute atomic E-state index is 4.94. The van der Waals surface area contributed by atoms with Crippen LogP contribution in [0.25, 0.3) is 0 Å². The fourth-order valence-corrected chi connectivity index (χ4v) is 3.39. The minimum atomic E-state index is 0. The molecule has 8 heteroatoms. The van der Waals surface area contributed by atoms with Crippen molar-refractivity contribution in [3.05, 3.63) is 11.7 Å². The topological polar surface area (TPSA) is 75.3 Å². The molecule has 0 aliphatic carbocycles. The molecule has 1 fully saturated rings. The molecule has 0 saturated carbocycles. The van der Waals surface area contributed by atoms with Gasteiger partial charge >= 0.3 is 0 Å². The minimum Gasteiger partial charge on any atom is -0.357 e. The van der Waals surface area contributed by atoms with Crippen LogP contribution in [0.5, 0.6) is 0 Å². The first-order chi connectivity index (χ1) is 9.61. The number of rotatable bonds is 5. The van der Waals surface area contributed by atoms with Crippen LogP contribution in [-0.2, 0) is 6.54 Å². The zero-order valence-corrected chi connectivity index (χ0v) is 16.0. The first-order valence-corrected chi connectivity index (χ1v) is 8.05. The molecule has 0 bridgehead atoms. The second kappa shape index (κ2) is 8.82. The third kappa shape index (κ3) is 6.01. The molecule has 2 rings (SSSR count). The molecular weight excluding hydrogens is 401 g/mol. The summed E-state index contributed by atoms with van der Waals surface area (Å²) in [6.07, 6.45) is 2.56. The second-order valence-electron chi connectivity index (χ2n) is 5.18. The average molecular weight is 425 g/mol. The van der Waals surface area contributed by atoms with Crippen molar-refractivity contribution in [2.75, 3.05) is 18.8 Å². The van der Waals surface area contributed by atoms with E-state index in [1.807, 2.05) is 11.8 Å². The number of hydrogen-bond acceptors (Lipinski definition) is 5. The molecule has 1 saturated heterocycles. The predicted octanol–water partition coefficient (Wildman–Crippen LogP) is 2.34. The van der Waals surface area contributed by atoms with Crippen molar-refractivity contribution in [1.29, 1.82) is 0 Å². The van der Waals surface area contributed by atoms with Crippen LogP contribution in [0.4, 0.5) is 0 Å². The van der Waals surface area contributed by atoms with E-state index >= 15 is 0 Å². The number of guanidine groups is 1. The molecule has 0 aromatic carbocycles. The van der Waals surface area contributed by atoms with Gasteiger partial charge in [-0.2, -0.15) is 16.7 Å². The minimum absolute atomic E-state index is 0. The number of halogens is 1. The number of aliphatic imine (C=N–C) groups is 1. The van der Waals surface area contributed by atoms with E-state index in [9.17, 15) is 0 Å². The number of aryl methyl sites for hydroxylation is 1. The molecule has 1 atom stereocenters. The van der Waals surface area contributed by atoms with Gasteiger partial charge in [-0.05, 0) is 32.4 Å².